The molecule has 1 aromatic carbocycles. The number of amides is 1. The Bertz CT molecular complexity index is 903. The highest BCUT2D eigenvalue weighted by Gasteiger charge is 2.12. The number of carboxylic acids is 1. The van der Waals surface area contributed by atoms with E-state index in [2.05, 4.69) is 15.6 Å². The van der Waals surface area contributed by atoms with Crippen molar-refractivity contribution < 1.29 is 14.7 Å². The second-order valence-corrected chi connectivity index (χ2v) is 5.34. The van der Waals surface area contributed by atoms with Gasteiger partial charge in [-0.15, -0.1) is 0 Å². The third-order valence-corrected chi connectivity index (χ3v) is 3.45. The van der Waals surface area contributed by atoms with E-state index in [-0.39, 0.29) is 12.5 Å². The van der Waals surface area contributed by atoms with Crippen molar-refractivity contribution in [2.24, 2.45) is 0 Å². The number of hydrogen-bond donors (Lipinski definition) is 3. The van der Waals surface area contributed by atoms with Gasteiger partial charge in [0.15, 0.2) is 0 Å². The number of nitrogens with one attached hydrogen (secondary N) is 2. The summed E-state index contributed by atoms with van der Waals surface area (Å²) in [4.78, 5) is 26.5. The number of fused-ring (bicyclic) bond motifs is 1. The maximum Gasteiger partial charge on any atom is 0.323 e. The highest BCUT2D eigenvalue weighted by molar-refractivity contribution is 6.02. The monoisotopic (exact) mass is 324 g/mol. The number of nitrogens with zero attached hydrogens (tertiary/aromatic N) is 2. The minimum Gasteiger partial charge on any atom is -0.480 e. The number of pyridine rings is 1. The largest absolute Gasteiger partial charge is 0.480 e. The van der Waals surface area contributed by atoms with Gasteiger partial charge in [-0.05, 0) is 30.3 Å². The van der Waals surface area contributed by atoms with Crippen molar-refractivity contribution in [1.82, 2.24) is 9.55 Å². The van der Waals surface area contributed by atoms with Crippen molar-refractivity contribution >= 4 is 39.8 Å². The van der Waals surface area contributed by atoms with E-state index in [1.165, 1.54) is 6.92 Å². The molecule has 3 aromatic rings. The summed E-state index contributed by atoms with van der Waals surface area (Å²) >= 11 is 0. The van der Waals surface area contributed by atoms with E-state index in [1.807, 2.05) is 30.3 Å². The number of hydrogen-bond acceptors (Lipinski definition) is 4. The summed E-state index contributed by atoms with van der Waals surface area (Å²) in [6, 6.07) is 9.26. The zero-order valence-corrected chi connectivity index (χ0v) is 13.0. The molecular formula is C17H16N4O3. The predicted molar refractivity (Wildman–Crippen MR) is 91.4 cm³/mol. The van der Waals surface area contributed by atoms with Gasteiger partial charge in [0.2, 0.25) is 5.91 Å². The molecule has 0 aliphatic heterocycles. The van der Waals surface area contributed by atoms with Crippen LogP contribution in [0.25, 0.3) is 10.9 Å². The number of benzene rings is 1. The van der Waals surface area contributed by atoms with Gasteiger partial charge in [0.1, 0.15) is 6.54 Å². The van der Waals surface area contributed by atoms with Gasteiger partial charge in [0, 0.05) is 30.4 Å². The van der Waals surface area contributed by atoms with Crippen LogP contribution in [-0.2, 0) is 16.1 Å². The summed E-state index contributed by atoms with van der Waals surface area (Å²) in [5.74, 6) is -1.16. The molecule has 7 heteroatoms. The molecule has 122 valence electrons. The van der Waals surface area contributed by atoms with Crippen molar-refractivity contribution in [3.63, 3.8) is 0 Å². The average Bonchev–Trinajstić information content (AvgIpc) is 2.84. The summed E-state index contributed by atoms with van der Waals surface area (Å²) in [5, 5.41) is 15.8. The first-order valence-corrected chi connectivity index (χ1v) is 7.32. The van der Waals surface area contributed by atoms with Gasteiger partial charge < -0.3 is 20.3 Å². The lowest BCUT2D eigenvalue weighted by molar-refractivity contribution is -0.137. The molecule has 0 aliphatic carbocycles. The molecule has 0 aliphatic rings. The van der Waals surface area contributed by atoms with E-state index in [1.54, 1.807) is 23.2 Å². The van der Waals surface area contributed by atoms with Crippen LogP contribution in [0.3, 0.4) is 0 Å². The molecule has 3 N–H and O–H groups in total. The highest BCUT2D eigenvalue weighted by atomic mass is 16.4. The SMILES string of the molecule is CC(=O)Nc1cn(CC(=O)O)c2ccc(Nc3cccnc3)cc12. The number of carbonyl (C=O) groups excluding carboxylic acids is 1. The molecule has 0 unspecified atom stereocenters. The highest BCUT2D eigenvalue weighted by Crippen LogP contribution is 2.30. The lowest BCUT2D eigenvalue weighted by atomic mass is 10.2. The molecule has 7 nitrogen and oxygen atoms in total. The molecule has 2 heterocycles. The van der Waals surface area contributed by atoms with Crippen molar-refractivity contribution in [1.29, 1.82) is 0 Å². The second kappa shape index (κ2) is 6.41. The fourth-order valence-corrected chi connectivity index (χ4v) is 2.54. The quantitative estimate of drug-likeness (QED) is 0.670. The van der Waals surface area contributed by atoms with Crippen LogP contribution in [0.2, 0.25) is 0 Å². The van der Waals surface area contributed by atoms with Crippen LogP contribution in [0.5, 0.6) is 0 Å². The van der Waals surface area contributed by atoms with Crippen LogP contribution in [0, 0.1) is 0 Å². The maximum atomic E-state index is 11.4. The number of aromatic nitrogens is 2. The van der Waals surface area contributed by atoms with Gasteiger partial charge >= 0.3 is 5.97 Å². The summed E-state index contributed by atoms with van der Waals surface area (Å²) in [6.07, 6.45) is 5.03. The molecule has 0 atom stereocenters. The van der Waals surface area contributed by atoms with Gasteiger partial charge in [0.05, 0.1) is 23.1 Å². The van der Waals surface area contributed by atoms with Crippen molar-refractivity contribution in [2.45, 2.75) is 13.5 Å². The average molecular weight is 324 g/mol. The molecule has 0 fully saturated rings. The molecule has 0 radical (unpaired) electrons. The van der Waals surface area contributed by atoms with Crippen LogP contribution in [0.15, 0.2) is 48.9 Å². The number of anilines is 3. The minimum atomic E-state index is -0.946. The van der Waals surface area contributed by atoms with Crippen molar-refractivity contribution in [3.05, 3.63) is 48.9 Å². The number of rotatable bonds is 5. The Morgan fingerprint density at radius 1 is 1.25 bits per heavy atom. The maximum absolute atomic E-state index is 11.4. The van der Waals surface area contributed by atoms with E-state index in [0.29, 0.717) is 5.69 Å². The normalized spacial score (nSPS) is 10.5. The van der Waals surface area contributed by atoms with Crippen LogP contribution in [0.1, 0.15) is 6.92 Å². The lowest BCUT2D eigenvalue weighted by Crippen LogP contribution is -2.08. The van der Waals surface area contributed by atoms with Gasteiger partial charge in [-0.25, -0.2) is 0 Å². The first kappa shape index (κ1) is 15.5. The summed E-state index contributed by atoms with van der Waals surface area (Å²) in [5.41, 5.74) is 2.96. The smallest absolute Gasteiger partial charge is 0.323 e. The van der Waals surface area contributed by atoms with Gasteiger partial charge in [0.25, 0.3) is 0 Å². The third-order valence-electron chi connectivity index (χ3n) is 3.45. The van der Waals surface area contributed by atoms with E-state index in [4.69, 9.17) is 5.11 Å². The molecule has 0 bridgehead atoms. The fourth-order valence-electron chi connectivity index (χ4n) is 2.54. The van der Waals surface area contributed by atoms with Crippen molar-refractivity contribution in [3.8, 4) is 0 Å². The zero-order chi connectivity index (χ0) is 17.1. The number of carboxylic acid groups (broad SMARTS) is 1. The summed E-state index contributed by atoms with van der Waals surface area (Å²) < 4.78 is 1.59. The van der Waals surface area contributed by atoms with E-state index in [0.717, 1.165) is 22.3 Å². The molecular weight excluding hydrogens is 308 g/mol. The van der Waals surface area contributed by atoms with Crippen molar-refractivity contribution in [2.75, 3.05) is 10.6 Å². The van der Waals surface area contributed by atoms with E-state index < -0.39 is 5.97 Å². The molecule has 3 rings (SSSR count). The summed E-state index contributed by atoms with van der Waals surface area (Å²) in [6.45, 7) is 1.24. The van der Waals surface area contributed by atoms with E-state index >= 15 is 0 Å². The topological polar surface area (TPSA) is 96.2 Å². The Kier molecular flexibility index (Phi) is 4.15. The first-order valence-electron chi connectivity index (χ1n) is 7.32. The molecule has 24 heavy (non-hydrogen) atoms. The Morgan fingerprint density at radius 2 is 2.08 bits per heavy atom. The van der Waals surface area contributed by atoms with Crippen LogP contribution in [0.4, 0.5) is 17.1 Å². The molecule has 0 saturated heterocycles. The standard InChI is InChI=1S/C17H16N4O3/c1-11(22)19-15-9-21(10-17(23)24)16-5-4-12(7-14(15)16)20-13-3-2-6-18-8-13/h2-9,20H,10H2,1H3,(H,19,22)(H,23,24). The third kappa shape index (κ3) is 3.35. The summed E-state index contributed by atoms with van der Waals surface area (Å²) in [7, 11) is 0. The fraction of sp³-hybridized carbons (Fsp3) is 0.118. The Morgan fingerprint density at radius 3 is 2.75 bits per heavy atom. The number of aliphatic carboxylic acids is 1. The first-order chi connectivity index (χ1) is 11.5. The van der Waals surface area contributed by atoms with Gasteiger partial charge in [-0.2, -0.15) is 0 Å². The number of carbonyl (C=O) groups is 2. The zero-order valence-electron chi connectivity index (χ0n) is 13.0. The molecule has 0 spiro atoms. The lowest BCUT2D eigenvalue weighted by Gasteiger charge is -2.07. The second-order valence-electron chi connectivity index (χ2n) is 5.34. The molecule has 1 amide bonds. The van der Waals surface area contributed by atoms with Gasteiger partial charge in [-0.3, -0.25) is 14.6 Å². The van der Waals surface area contributed by atoms with Crippen LogP contribution >= 0.6 is 0 Å². The Hall–Kier alpha value is -3.35. The molecule has 2 aromatic heterocycles. The Labute approximate surface area is 137 Å². The minimum absolute atomic E-state index is 0.175. The van der Waals surface area contributed by atoms with Gasteiger partial charge in [-0.1, -0.05) is 0 Å². The molecule has 0 saturated carbocycles. The Balaban J connectivity index is 2.02. The predicted octanol–water partition coefficient (Wildman–Crippen LogP) is 2.82. The van der Waals surface area contributed by atoms with E-state index in [9.17, 15) is 9.59 Å². The van der Waals surface area contributed by atoms with Crippen LogP contribution < -0.4 is 10.6 Å². The van der Waals surface area contributed by atoms with Crippen LogP contribution in [-0.4, -0.2) is 26.5 Å².